The molecule has 0 amide bonds. The van der Waals surface area contributed by atoms with Gasteiger partial charge in [0.15, 0.2) is 0 Å². The van der Waals surface area contributed by atoms with Crippen molar-refractivity contribution >= 4 is 21.8 Å². The van der Waals surface area contributed by atoms with E-state index in [1.54, 1.807) is 10.4 Å². The van der Waals surface area contributed by atoms with Crippen LogP contribution in [0.15, 0.2) is 28.0 Å². The molecule has 0 radical (unpaired) electrons. The molecular formula is C13H17NO2S2. The number of thioether (sulfide) groups is 1. The Morgan fingerprint density at radius 3 is 2.67 bits per heavy atom. The molecule has 2 aliphatic rings. The molecule has 2 aliphatic heterocycles. The summed E-state index contributed by atoms with van der Waals surface area (Å²) in [7, 11) is -3.25. The molecule has 0 unspecified atom stereocenters. The summed E-state index contributed by atoms with van der Waals surface area (Å²) < 4.78 is 26.5. The van der Waals surface area contributed by atoms with E-state index in [1.807, 2.05) is 23.9 Å². The molecule has 3 nitrogen and oxygen atoms in total. The number of hydrogen-bond donors (Lipinski definition) is 0. The van der Waals surface area contributed by atoms with Crippen molar-refractivity contribution in [1.82, 2.24) is 4.31 Å². The van der Waals surface area contributed by atoms with Crippen molar-refractivity contribution in [1.29, 1.82) is 0 Å². The highest BCUT2D eigenvalue weighted by Gasteiger charge is 2.27. The van der Waals surface area contributed by atoms with Gasteiger partial charge in [-0.25, -0.2) is 8.42 Å². The third-order valence-corrected chi connectivity index (χ3v) is 6.68. The molecule has 0 aliphatic carbocycles. The van der Waals surface area contributed by atoms with Crippen molar-refractivity contribution in [3.63, 3.8) is 0 Å². The molecule has 98 valence electrons. The quantitative estimate of drug-likeness (QED) is 0.837. The van der Waals surface area contributed by atoms with Gasteiger partial charge in [0.2, 0.25) is 10.0 Å². The number of fused-ring (bicyclic) bond motifs is 1. The minimum Gasteiger partial charge on any atom is -0.207 e. The molecular weight excluding hydrogens is 266 g/mol. The smallest absolute Gasteiger partial charge is 0.207 e. The van der Waals surface area contributed by atoms with Crippen LogP contribution in [0.5, 0.6) is 0 Å². The van der Waals surface area contributed by atoms with E-state index in [1.165, 1.54) is 10.5 Å². The second-order valence-corrected chi connectivity index (χ2v) is 7.91. The molecule has 18 heavy (non-hydrogen) atoms. The van der Waals surface area contributed by atoms with Crippen LogP contribution >= 0.6 is 11.8 Å². The average Bonchev–Trinajstić information content (AvgIpc) is 2.92. The van der Waals surface area contributed by atoms with E-state index in [2.05, 4.69) is 0 Å². The second-order valence-electron chi connectivity index (χ2n) is 4.83. The normalized spacial score (nSPS) is 20.9. The summed E-state index contributed by atoms with van der Waals surface area (Å²) in [6, 6.07) is 5.63. The monoisotopic (exact) mass is 283 g/mol. The molecule has 5 heteroatoms. The van der Waals surface area contributed by atoms with Gasteiger partial charge in [-0.2, -0.15) is 4.31 Å². The maximum atomic E-state index is 12.4. The first-order valence-corrected chi connectivity index (χ1v) is 8.86. The van der Waals surface area contributed by atoms with E-state index in [0.29, 0.717) is 18.0 Å². The number of rotatable bonds is 2. The molecule has 1 aromatic rings. The number of aryl methyl sites for hydroxylation is 1. The van der Waals surface area contributed by atoms with Gasteiger partial charge >= 0.3 is 0 Å². The van der Waals surface area contributed by atoms with Gasteiger partial charge in [0.25, 0.3) is 0 Å². The minimum absolute atomic E-state index is 0.477. The van der Waals surface area contributed by atoms with Crippen LogP contribution in [-0.2, 0) is 16.4 Å². The number of hydrogen-bond acceptors (Lipinski definition) is 3. The average molecular weight is 283 g/mol. The fraction of sp³-hybridized carbons (Fsp3) is 0.538. The summed E-state index contributed by atoms with van der Waals surface area (Å²) in [5.74, 6) is 1.14. The first kappa shape index (κ1) is 12.5. The van der Waals surface area contributed by atoms with Crippen molar-refractivity contribution in [3.8, 4) is 0 Å². The zero-order valence-corrected chi connectivity index (χ0v) is 11.9. The molecule has 1 fully saturated rings. The summed E-state index contributed by atoms with van der Waals surface area (Å²) >= 11 is 1.83. The first-order chi connectivity index (χ1) is 8.68. The van der Waals surface area contributed by atoms with Crippen LogP contribution in [0.1, 0.15) is 24.8 Å². The fourth-order valence-electron chi connectivity index (χ4n) is 2.57. The topological polar surface area (TPSA) is 37.4 Å². The molecule has 0 aromatic heterocycles. The molecule has 0 spiro atoms. The maximum absolute atomic E-state index is 12.4. The third kappa shape index (κ3) is 2.19. The van der Waals surface area contributed by atoms with Crippen LogP contribution in [0.3, 0.4) is 0 Å². The Balaban J connectivity index is 1.96. The predicted molar refractivity (Wildman–Crippen MR) is 73.5 cm³/mol. The second kappa shape index (κ2) is 4.87. The summed E-state index contributed by atoms with van der Waals surface area (Å²) in [5.41, 5.74) is 1.20. The van der Waals surface area contributed by atoms with E-state index in [-0.39, 0.29) is 0 Å². The Morgan fingerprint density at radius 1 is 1.11 bits per heavy atom. The molecule has 3 rings (SSSR count). The van der Waals surface area contributed by atoms with Gasteiger partial charge < -0.3 is 0 Å². The Bertz CT molecular complexity index is 548. The van der Waals surface area contributed by atoms with Gasteiger partial charge in [0, 0.05) is 18.0 Å². The lowest BCUT2D eigenvalue weighted by Crippen LogP contribution is -2.28. The maximum Gasteiger partial charge on any atom is 0.243 e. The Hall–Kier alpha value is -0.520. The number of benzene rings is 1. The standard InChI is InChI=1S/C13H17NO2S2/c15-18(16,14-7-1-2-8-14)12-5-6-13-11(10-12)4-3-9-17-13/h5-6,10H,1-4,7-9H2. The summed E-state index contributed by atoms with van der Waals surface area (Å²) in [6.45, 7) is 1.35. The number of sulfonamides is 1. The molecule has 1 saturated heterocycles. The van der Waals surface area contributed by atoms with Crippen molar-refractivity contribution in [2.75, 3.05) is 18.8 Å². The Morgan fingerprint density at radius 2 is 1.89 bits per heavy atom. The molecule has 0 atom stereocenters. The molecule has 2 heterocycles. The zero-order valence-electron chi connectivity index (χ0n) is 10.3. The van der Waals surface area contributed by atoms with Crippen LogP contribution in [0.4, 0.5) is 0 Å². The Kier molecular flexibility index (Phi) is 3.38. The molecule has 1 aromatic carbocycles. The van der Waals surface area contributed by atoms with Gasteiger partial charge in [-0.3, -0.25) is 0 Å². The largest absolute Gasteiger partial charge is 0.243 e. The highest BCUT2D eigenvalue weighted by Crippen LogP contribution is 2.32. The van der Waals surface area contributed by atoms with Crippen LogP contribution in [-0.4, -0.2) is 31.6 Å². The lowest BCUT2D eigenvalue weighted by Gasteiger charge is -2.19. The van der Waals surface area contributed by atoms with E-state index in [4.69, 9.17) is 0 Å². The van der Waals surface area contributed by atoms with Crippen LogP contribution in [0.2, 0.25) is 0 Å². The van der Waals surface area contributed by atoms with E-state index >= 15 is 0 Å². The van der Waals surface area contributed by atoms with Gasteiger partial charge in [-0.15, -0.1) is 11.8 Å². The van der Waals surface area contributed by atoms with E-state index < -0.39 is 10.0 Å². The van der Waals surface area contributed by atoms with Gasteiger partial charge in [-0.1, -0.05) is 0 Å². The van der Waals surface area contributed by atoms with Crippen molar-refractivity contribution < 1.29 is 8.42 Å². The first-order valence-electron chi connectivity index (χ1n) is 6.44. The fourth-order valence-corrected chi connectivity index (χ4v) is 5.16. The molecule has 0 bridgehead atoms. The lowest BCUT2D eigenvalue weighted by atomic mass is 10.1. The highest BCUT2D eigenvalue weighted by molar-refractivity contribution is 7.99. The molecule has 0 saturated carbocycles. The zero-order chi connectivity index (χ0) is 12.6. The highest BCUT2D eigenvalue weighted by atomic mass is 32.2. The lowest BCUT2D eigenvalue weighted by molar-refractivity contribution is 0.477. The van der Waals surface area contributed by atoms with Gasteiger partial charge in [0.05, 0.1) is 4.90 Å². The van der Waals surface area contributed by atoms with Crippen molar-refractivity contribution in [3.05, 3.63) is 23.8 Å². The Labute approximate surface area is 113 Å². The van der Waals surface area contributed by atoms with E-state index in [0.717, 1.165) is 31.4 Å². The van der Waals surface area contributed by atoms with Crippen LogP contribution in [0.25, 0.3) is 0 Å². The third-order valence-electron chi connectivity index (χ3n) is 3.58. The van der Waals surface area contributed by atoms with Crippen molar-refractivity contribution in [2.45, 2.75) is 35.5 Å². The minimum atomic E-state index is -3.25. The van der Waals surface area contributed by atoms with Crippen LogP contribution in [0, 0.1) is 0 Å². The predicted octanol–water partition coefficient (Wildman–Crippen LogP) is 2.51. The van der Waals surface area contributed by atoms with Gasteiger partial charge in [0.1, 0.15) is 0 Å². The summed E-state index contributed by atoms with van der Waals surface area (Å²) in [4.78, 5) is 1.73. The molecule has 0 N–H and O–H groups in total. The summed E-state index contributed by atoms with van der Waals surface area (Å²) in [5, 5.41) is 0. The number of nitrogens with zero attached hydrogens (tertiary/aromatic N) is 1. The van der Waals surface area contributed by atoms with Gasteiger partial charge in [-0.05, 0) is 55.2 Å². The van der Waals surface area contributed by atoms with Crippen LogP contribution < -0.4 is 0 Å². The van der Waals surface area contributed by atoms with Crippen molar-refractivity contribution in [2.24, 2.45) is 0 Å². The van der Waals surface area contributed by atoms with E-state index in [9.17, 15) is 8.42 Å². The summed E-state index contributed by atoms with van der Waals surface area (Å²) in [6.07, 6.45) is 4.12. The SMILES string of the molecule is O=S(=O)(c1ccc2c(c1)CCCS2)N1CCCC1.